The average molecular weight is 366 g/mol. The summed E-state index contributed by atoms with van der Waals surface area (Å²) in [4.78, 5) is 0.249. The Morgan fingerprint density at radius 2 is 1.48 bits per heavy atom. The second-order valence-corrected chi connectivity index (χ2v) is 10.5. The van der Waals surface area contributed by atoms with Gasteiger partial charge in [0, 0.05) is 21.3 Å². The molecule has 0 spiro atoms. The highest BCUT2D eigenvalue weighted by atomic mass is 35.5. The molecule has 3 rings (SSSR count). The number of rotatable bonds is 2. The molecule has 3 nitrogen and oxygen atoms in total. The van der Waals surface area contributed by atoms with Gasteiger partial charge in [0.2, 0.25) is 0 Å². The zero-order valence-corrected chi connectivity index (χ0v) is 14.5. The van der Waals surface area contributed by atoms with E-state index in [9.17, 15) is 8.42 Å². The maximum Gasteiger partial charge on any atom is 0.287 e. The Kier molecular flexibility index (Phi) is 4.65. The van der Waals surface area contributed by atoms with Crippen molar-refractivity contribution in [3.05, 3.63) is 30.3 Å². The second kappa shape index (κ2) is 6.19. The first kappa shape index (κ1) is 15.8. The molecule has 4 atom stereocenters. The molecule has 2 unspecified atom stereocenters. The van der Waals surface area contributed by atoms with Crippen molar-refractivity contribution < 1.29 is 8.42 Å². The van der Waals surface area contributed by atoms with Crippen molar-refractivity contribution in [1.29, 1.82) is 0 Å². The van der Waals surface area contributed by atoms with Crippen LogP contribution in [0.2, 0.25) is 0 Å². The molecule has 2 saturated heterocycles. The van der Waals surface area contributed by atoms with Crippen LogP contribution >= 0.6 is 23.2 Å². The molecule has 2 aliphatic rings. The fourth-order valence-corrected chi connectivity index (χ4v) is 8.86. The molecular weight excluding hydrogens is 349 g/mol. The fourth-order valence-electron chi connectivity index (χ4n) is 3.01. The molecule has 0 amide bonds. The predicted octanol–water partition coefficient (Wildman–Crippen LogP) is 3.72. The topological polar surface area (TPSA) is 46.5 Å². The highest BCUT2D eigenvalue weighted by Gasteiger charge is 2.42. The Morgan fingerprint density at radius 1 is 0.952 bits per heavy atom. The van der Waals surface area contributed by atoms with Crippen molar-refractivity contribution in [3.63, 3.8) is 0 Å². The maximum atomic E-state index is 12.5. The van der Waals surface area contributed by atoms with Crippen molar-refractivity contribution in [3.8, 4) is 0 Å². The summed E-state index contributed by atoms with van der Waals surface area (Å²) in [5, 5.41) is 0.338. The van der Waals surface area contributed by atoms with Crippen LogP contribution in [0.3, 0.4) is 0 Å². The van der Waals surface area contributed by atoms with Crippen LogP contribution in [0.1, 0.15) is 25.7 Å². The monoisotopic (exact) mass is 365 g/mol. The number of hydrogen-bond acceptors (Lipinski definition) is 2. The molecule has 1 aromatic carbocycles. The van der Waals surface area contributed by atoms with E-state index in [0.29, 0.717) is 0 Å². The van der Waals surface area contributed by atoms with Crippen molar-refractivity contribution in [2.45, 2.75) is 51.8 Å². The summed E-state index contributed by atoms with van der Waals surface area (Å²) >= 11 is 12.8. The average Bonchev–Trinajstić information content (AvgIpc) is 2.46. The number of fused-ring (bicyclic) bond motifs is 2. The fraction of sp³-hybridized carbons (Fsp3) is 0.571. The summed E-state index contributed by atoms with van der Waals surface area (Å²) in [5.41, 5.74) is 0. The first-order valence-corrected chi connectivity index (χ1v) is 10.6. The first-order valence-electron chi connectivity index (χ1n) is 7.02. The maximum absolute atomic E-state index is 12.5. The van der Waals surface area contributed by atoms with Gasteiger partial charge in [-0.15, -0.1) is 27.0 Å². The minimum Gasteiger partial charge on any atom is -0.199 e. The molecule has 2 bridgehead atoms. The number of benzene rings is 1. The zero-order chi connectivity index (χ0) is 15.0. The molecule has 7 heteroatoms. The molecule has 0 aliphatic carbocycles. The van der Waals surface area contributed by atoms with E-state index < -0.39 is 20.7 Å². The Labute approximate surface area is 138 Å². The van der Waals surface area contributed by atoms with Gasteiger partial charge in [0.25, 0.3) is 10.0 Å². The van der Waals surface area contributed by atoms with Gasteiger partial charge in [-0.1, -0.05) is 28.9 Å². The SMILES string of the molecule is O=S(=O)(N=S1C2CC[C@@H](Cl)C1CC[C@H]2Cl)c1ccccc1. The summed E-state index contributed by atoms with van der Waals surface area (Å²) in [5.74, 6) is 0. The molecule has 2 heterocycles. The van der Waals surface area contributed by atoms with E-state index in [1.54, 1.807) is 30.3 Å². The van der Waals surface area contributed by atoms with Crippen LogP contribution in [0, 0.1) is 0 Å². The van der Waals surface area contributed by atoms with Gasteiger partial charge in [-0.05, 0) is 37.8 Å². The summed E-state index contributed by atoms with van der Waals surface area (Å²) in [6.07, 6.45) is 3.56. The Bertz CT molecular complexity index is 628. The van der Waals surface area contributed by atoms with E-state index in [1.165, 1.54) is 0 Å². The lowest BCUT2D eigenvalue weighted by molar-refractivity contribution is 0.495. The Hall–Kier alpha value is -0.100. The normalized spacial score (nSPS) is 36.2. The van der Waals surface area contributed by atoms with Gasteiger partial charge in [0.15, 0.2) is 0 Å². The smallest absolute Gasteiger partial charge is 0.199 e. The van der Waals surface area contributed by atoms with Crippen molar-refractivity contribution in [2.75, 3.05) is 0 Å². The molecule has 21 heavy (non-hydrogen) atoms. The van der Waals surface area contributed by atoms with Crippen LogP contribution in [-0.2, 0) is 20.7 Å². The molecular formula is C14H17Cl2NO2S2. The van der Waals surface area contributed by atoms with E-state index in [1.807, 2.05) is 0 Å². The summed E-state index contributed by atoms with van der Waals surface area (Å²) in [6.45, 7) is 0. The molecule has 2 aliphatic heterocycles. The first-order chi connectivity index (χ1) is 9.99. The van der Waals surface area contributed by atoms with Gasteiger partial charge in [0.1, 0.15) is 0 Å². The van der Waals surface area contributed by atoms with Gasteiger partial charge >= 0.3 is 0 Å². The largest absolute Gasteiger partial charge is 0.287 e. The third kappa shape index (κ3) is 3.16. The van der Waals surface area contributed by atoms with E-state index in [4.69, 9.17) is 23.2 Å². The van der Waals surface area contributed by atoms with E-state index in [2.05, 4.69) is 3.77 Å². The van der Waals surface area contributed by atoms with Gasteiger partial charge in [-0.3, -0.25) is 0 Å². The van der Waals surface area contributed by atoms with Crippen LogP contribution in [-0.4, -0.2) is 29.7 Å². The quantitative estimate of drug-likeness (QED) is 0.749. The second-order valence-electron chi connectivity index (χ2n) is 5.47. The third-order valence-corrected chi connectivity index (χ3v) is 10.2. The lowest BCUT2D eigenvalue weighted by atomic mass is 9.98. The van der Waals surface area contributed by atoms with Gasteiger partial charge < -0.3 is 0 Å². The molecule has 2 fully saturated rings. The molecule has 0 saturated carbocycles. The highest BCUT2D eigenvalue weighted by Crippen LogP contribution is 2.40. The molecule has 0 N–H and O–H groups in total. The van der Waals surface area contributed by atoms with Crippen LogP contribution in [0.15, 0.2) is 39.0 Å². The molecule has 1 aromatic rings. The minimum absolute atomic E-state index is 0.0171. The van der Waals surface area contributed by atoms with Crippen LogP contribution < -0.4 is 0 Å². The van der Waals surface area contributed by atoms with Crippen LogP contribution in [0.25, 0.3) is 0 Å². The lowest BCUT2D eigenvalue weighted by Gasteiger charge is -2.42. The molecule has 0 radical (unpaired) electrons. The lowest BCUT2D eigenvalue weighted by Crippen LogP contribution is -2.47. The van der Waals surface area contributed by atoms with E-state index >= 15 is 0 Å². The number of halogens is 2. The molecule has 0 aromatic heterocycles. The van der Waals surface area contributed by atoms with Gasteiger partial charge in [0.05, 0.1) is 4.90 Å². The van der Waals surface area contributed by atoms with Crippen LogP contribution in [0.5, 0.6) is 0 Å². The van der Waals surface area contributed by atoms with Crippen molar-refractivity contribution >= 4 is 43.9 Å². The van der Waals surface area contributed by atoms with Gasteiger partial charge in [-0.25, -0.2) is 0 Å². The number of alkyl halides is 2. The minimum atomic E-state index is -3.63. The Morgan fingerprint density at radius 3 is 2.00 bits per heavy atom. The summed E-state index contributed by atoms with van der Waals surface area (Å²) in [7, 11) is -4.23. The third-order valence-electron chi connectivity index (χ3n) is 4.11. The zero-order valence-electron chi connectivity index (χ0n) is 11.4. The standard InChI is InChI=1S/C14H17Cl2NO2S2/c15-11-6-8-13-12(16)7-9-14(11)20(13)17-21(18,19)10-4-2-1-3-5-10/h1-5,11-14H,6-9H2/t11-,12-,13?,14?,20?/m1/s1. The number of sulfonamides is 1. The van der Waals surface area contributed by atoms with Crippen molar-refractivity contribution in [1.82, 2.24) is 0 Å². The Balaban J connectivity index is 2.01. The number of hydrogen-bond donors (Lipinski definition) is 0. The van der Waals surface area contributed by atoms with E-state index in [-0.39, 0.29) is 26.1 Å². The summed E-state index contributed by atoms with van der Waals surface area (Å²) < 4.78 is 29.3. The van der Waals surface area contributed by atoms with E-state index in [0.717, 1.165) is 25.7 Å². The predicted molar refractivity (Wildman–Crippen MR) is 88.7 cm³/mol. The van der Waals surface area contributed by atoms with Gasteiger partial charge in [-0.2, -0.15) is 8.42 Å². The van der Waals surface area contributed by atoms with Crippen LogP contribution in [0.4, 0.5) is 0 Å². The highest BCUT2D eigenvalue weighted by molar-refractivity contribution is 8.00. The number of nitrogens with zero attached hydrogens (tertiary/aromatic N) is 1. The summed E-state index contributed by atoms with van der Waals surface area (Å²) in [6, 6.07) is 8.38. The van der Waals surface area contributed by atoms with Crippen molar-refractivity contribution in [2.24, 2.45) is 3.77 Å². The molecule has 116 valence electrons.